The van der Waals surface area contributed by atoms with Crippen LogP contribution in [0.5, 0.6) is 0 Å². The number of halogens is 2. The molecule has 3 rings (SSSR count). The minimum atomic E-state index is -0.502. The van der Waals surface area contributed by atoms with E-state index in [1.54, 1.807) is 35.1 Å². The Morgan fingerprint density at radius 3 is 3.00 bits per heavy atom. The van der Waals surface area contributed by atoms with E-state index in [4.69, 9.17) is 27.9 Å². The van der Waals surface area contributed by atoms with Gasteiger partial charge in [0.1, 0.15) is 6.10 Å². The number of carbonyl (C=O) groups is 1. The predicted molar refractivity (Wildman–Crippen MR) is 84.8 cm³/mol. The largest absolute Gasteiger partial charge is 0.366 e. The van der Waals surface area contributed by atoms with Gasteiger partial charge in [-0.1, -0.05) is 23.2 Å². The summed E-state index contributed by atoms with van der Waals surface area (Å²) in [5.74, 6) is 0.213. The summed E-state index contributed by atoms with van der Waals surface area (Å²) >= 11 is 12.0. The van der Waals surface area contributed by atoms with Gasteiger partial charge in [-0.2, -0.15) is 5.10 Å². The van der Waals surface area contributed by atoms with Gasteiger partial charge in [0.15, 0.2) is 5.82 Å². The van der Waals surface area contributed by atoms with Crippen molar-refractivity contribution < 1.29 is 9.53 Å². The van der Waals surface area contributed by atoms with Crippen molar-refractivity contribution in [3.63, 3.8) is 0 Å². The molecule has 1 atom stereocenters. The van der Waals surface area contributed by atoms with Gasteiger partial charge in [-0.15, -0.1) is 0 Å². The fourth-order valence-electron chi connectivity index (χ4n) is 2.13. The van der Waals surface area contributed by atoms with Gasteiger partial charge >= 0.3 is 0 Å². The van der Waals surface area contributed by atoms with Crippen molar-refractivity contribution in [3.8, 4) is 5.69 Å². The number of anilines is 1. The number of amides is 1. The first-order valence-corrected chi connectivity index (χ1v) is 7.53. The van der Waals surface area contributed by atoms with Crippen LogP contribution in [0.2, 0.25) is 10.0 Å². The normalized spacial score (nSPS) is 18.2. The Balaban J connectivity index is 1.72. The van der Waals surface area contributed by atoms with Crippen LogP contribution in [0.15, 0.2) is 30.5 Å². The van der Waals surface area contributed by atoms with Crippen LogP contribution in [0.1, 0.15) is 0 Å². The Labute approximate surface area is 137 Å². The Kier molecular flexibility index (Phi) is 4.63. The molecule has 1 aromatic heterocycles. The van der Waals surface area contributed by atoms with E-state index in [0.717, 1.165) is 6.54 Å². The van der Waals surface area contributed by atoms with E-state index < -0.39 is 6.10 Å². The van der Waals surface area contributed by atoms with Gasteiger partial charge in [-0.25, -0.2) is 4.68 Å². The molecule has 0 aliphatic carbocycles. The Hall–Kier alpha value is -1.60. The molecule has 1 aliphatic rings. The molecule has 0 spiro atoms. The zero-order chi connectivity index (χ0) is 15.5. The van der Waals surface area contributed by atoms with Crippen LogP contribution in [0.4, 0.5) is 5.82 Å². The Morgan fingerprint density at radius 1 is 1.41 bits per heavy atom. The molecule has 0 unspecified atom stereocenters. The molecular formula is C14H14Cl2N4O2. The minimum absolute atomic E-state index is 0.223. The maximum Gasteiger partial charge on any atom is 0.256 e. The molecule has 1 aromatic carbocycles. The molecule has 2 aromatic rings. The first-order chi connectivity index (χ1) is 10.6. The van der Waals surface area contributed by atoms with Crippen LogP contribution < -0.4 is 10.6 Å². The zero-order valence-corrected chi connectivity index (χ0v) is 13.1. The number of morpholine rings is 1. The van der Waals surface area contributed by atoms with Crippen molar-refractivity contribution in [1.29, 1.82) is 0 Å². The second-order valence-electron chi connectivity index (χ2n) is 4.79. The van der Waals surface area contributed by atoms with Crippen molar-refractivity contribution in [2.75, 3.05) is 25.0 Å². The average molecular weight is 341 g/mol. The Bertz CT molecular complexity index is 683. The fraction of sp³-hybridized carbons (Fsp3) is 0.286. The van der Waals surface area contributed by atoms with Crippen LogP contribution in [-0.4, -0.2) is 41.5 Å². The third-order valence-electron chi connectivity index (χ3n) is 3.22. The maximum atomic E-state index is 12.1. The van der Waals surface area contributed by atoms with Gasteiger partial charge in [0, 0.05) is 30.4 Å². The molecule has 6 nitrogen and oxygen atoms in total. The lowest BCUT2D eigenvalue weighted by Crippen LogP contribution is -2.45. The highest BCUT2D eigenvalue weighted by Crippen LogP contribution is 2.24. The van der Waals surface area contributed by atoms with Gasteiger partial charge in [0.2, 0.25) is 0 Å². The number of rotatable bonds is 3. The number of carbonyl (C=O) groups excluding carboxylic acids is 1. The zero-order valence-electron chi connectivity index (χ0n) is 11.6. The molecule has 1 aliphatic heterocycles. The van der Waals surface area contributed by atoms with Crippen molar-refractivity contribution in [2.45, 2.75) is 6.10 Å². The van der Waals surface area contributed by atoms with Crippen molar-refractivity contribution >= 4 is 34.9 Å². The lowest BCUT2D eigenvalue weighted by molar-refractivity contribution is -0.128. The van der Waals surface area contributed by atoms with Crippen LogP contribution in [0, 0.1) is 0 Å². The second-order valence-corrected chi connectivity index (χ2v) is 5.64. The molecule has 0 bridgehead atoms. The molecule has 0 radical (unpaired) electrons. The molecule has 8 heteroatoms. The van der Waals surface area contributed by atoms with E-state index >= 15 is 0 Å². The molecule has 2 N–H and O–H groups in total. The van der Waals surface area contributed by atoms with Crippen molar-refractivity contribution in [3.05, 3.63) is 40.5 Å². The first kappa shape index (κ1) is 15.3. The molecule has 1 fully saturated rings. The van der Waals surface area contributed by atoms with E-state index in [1.165, 1.54) is 0 Å². The molecule has 1 saturated heterocycles. The quantitative estimate of drug-likeness (QED) is 0.897. The van der Waals surface area contributed by atoms with Crippen LogP contribution in [0.25, 0.3) is 5.69 Å². The summed E-state index contributed by atoms with van der Waals surface area (Å²) in [5.41, 5.74) is 0.683. The van der Waals surface area contributed by atoms with Gasteiger partial charge in [0.05, 0.1) is 17.3 Å². The molecular weight excluding hydrogens is 327 g/mol. The molecule has 1 amide bonds. The van der Waals surface area contributed by atoms with Gasteiger partial charge < -0.3 is 15.4 Å². The van der Waals surface area contributed by atoms with Crippen LogP contribution in [0.3, 0.4) is 0 Å². The topological polar surface area (TPSA) is 68.2 Å². The van der Waals surface area contributed by atoms with E-state index in [1.807, 2.05) is 0 Å². The van der Waals surface area contributed by atoms with E-state index in [-0.39, 0.29) is 5.91 Å². The van der Waals surface area contributed by atoms with Crippen molar-refractivity contribution in [2.24, 2.45) is 0 Å². The van der Waals surface area contributed by atoms with Gasteiger partial charge in [-0.05, 0) is 18.2 Å². The smallest absolute Gasteiger partial charge is 0.256 e. The summed E-state index contributed by atoms with van der Waals surface area (Å²) in [7, 11) is 0. The van der Waals surface area contributed by atoms with E-state index in [9.17, 15) is 4.79 Å². The highest BCUT2D eigenvalue weighted by molar-refractivity contribution is 6.35. The van der Waals surface area contributed by atoms with Crippen LogP contribution in [-0.2, 0) is 9.53 Å². The lowest BCUT2D eigenvalue weighted by atomic mass is 10.3. The number of nitrogens with one attached hydrogen (secondary N) is 2. The molecule has 116 valence electrons. The third kappa shape index (κ3) is 3.41. The monoisotopic (exact) mass is 340 g/mol. The number of hydrogen-bond donors (Lipinski definition) is 2. The summed E-state index contributed by atoms with van der Waals surface area (Å²) in [5, 5.41) is 11.2. The number of benzene rings is 1. The lowest BCUT2D eigenvalue weighted by Gasteiger charge is -2.22. The minimum Gasteiger partial charge on any atom is -0.366 e. The number of ether oxygens (including phenoxy) is 1. The standard InChI is InChI=1S/C14H14Cl2N4O2/c15-9-1-2-11(10(16)7-9)20-5-3-13(19-20)18-14(21)12-8-17-4-6-22-12/h1-3,5,7,12,17H,4,6,8H2,(H,18,19,21)/t12-/m1/s1. The molecule has 2 heterocycles. The molecule has 22 heavy (non-hydrogen) atoms. The number of nitrogens with zero attached hydrogens (tertiary/aromatic N) is 2. The second kappa shape index (κ2) is 6.66. The first-order valence-electron chi connectivity index (χ1n) is 6.78. The SMILES string of the molecule is O=C(Nc1ccn(-c2ccc(Cl)cc2Cl)n1)[C@H]1CNCCO1. The highest BCUT2D eigenvalue weighted by atomic mass is 35.5. The summed E-state index contributed by atoms with van der Waals surface area (Å²) < 4.78 is 6.97. The van der Waals surface area contributed by atoms with Gasteiger partial charge in [0.25, 0.3) is 5.91 Å². The van der Waals surface area contributed by atoms with Gasteiger partial charge in [-0.3, -0.25) is 4.79 Å². The van der Waals surface area contributed by atoms with E-state index in [0.29, 0.717) is 34.7 Å². The number of hydrogen-bond acceptors (Lipinski definition) is 4. The predicted octanol–water partition coefficient (Wildman–Crippen LogP) is 2.11. The fourth-order valence-corrected chi connectivity index (χ4v) is 2.63. The summed E-state index contributed by atoms with van der Waals surface area (Å²) in [4.78, 5) is 12.1. The third-order valence-corrected chi connectivity index (χ3v) is 3.75. The maximum absolute atomic E-state index is 12.1. The van der Waals surface area contributed by atoms with Crippen LogP contribution >= 0.6 is 23.2 Å². The molecule has 0 saturated carbocycles. The van der Waals surface area contributed by atoms with E-state index in [2.05, 4.69) is 15.7 Å². The summed E-state index contributed by atoms with van der Waals surface area (Å²) in [6, 6.07) is 6.82. The number of aromatic nitrogens is 2. The average Bonchev–Trinajstić information content (AvgIpc) is 2.96. The Morgan fingerprint density at radius 2 is 2.27 bits per heavy atom. The summed E-state index contributed by atoms with van der Waals surface area (Å²) in [6.07, 6.45) is 1.21. The van der Waals surface area contributed by atoms with Crippen molar-refractivity contribution in [1.82, 2.24) is 15.1 Å². The highest BCUT2D eigenvalue weighted by Gasteiger charge is 2.22. The summed E-state index contributed by atoms with van der Waals surface area (Å²) in [6.45, 7) is 1.77.